The Kier molecular flexibility index (Phi) is 4.30. The van der Waals surface area contributed by atoms with Gasteiger partial charge in [-0.05, 0) is 38.2 Å². The summed E-state index contributed by atoms with van der Waals surface area (Å²) in [5.74, 6) is 1.11. The first-order chi connectivity index (χ1) is 12.4. The van der Waals surface area contributed by atoms with Gasteiger partial charge in [-0.25, -0.2) is 4.99 Å². The zero-order chi connectivity index (χ0) is 18.5. The number of rotatable bonds is 3. The van der Waals surface area contributed by atoms with Crippen molar-refractivity contribution in [1.82, 2.24) is 4.90 Å². The van der Waals surface area contributed by atoms with Crippen molar-refractivity contribution in [2.24, 2.45) is 10.9 Å². The molecule has 0 saturated carbocycles. The van der Waals surface area contributed by atoms with Crippen LogP contribution in [0.2, 0.25) is 0 Å². The SMILES string of the molecule is CC(C)C1(C)N=C(c2sc3ccccc3c2N2CCCCC2)N(C)C1=O. The van der Waals surface area contributed by atoms with E-state index >= 15 is 0 Å². The van der Waals surface area contributed by atoms with Crippen molar-refractivity contribution >= 4 is 38.9 Å². The second-order valence-electron chi connectivity index (χ2n) is 7.93. The topological polar surface area (TPSA) is 35.9 Å². The summed E-state index contributed by atoms with van der Waals surface area (Å²) < 4.78 is 1.27. The molecule has 0 bridgehead atoms. The van der Waals surface area contributed by atoms with Gasteiger partial charge in [-0.3, -0.25) is 9.69 Å². The van der Waals surface area contributed by atoms with E-state index in [1.807, 2.05) is 14.0 Å². The van der Waals surface area contributed by atoms with Crippen molar-refractivity contribution in [3.05, 3.63) is 29.1 Å². The van der Waals surface area contributed by atoms with Crippen molar-refractivity contribution in [3.8, 4) is 0 Å². The van der Waals surface area contributed by atoms with Gasteiger partial charge in [0.25, 0.3) is 5.91 Å². The number of carbonyl (C=O) groups excluding carboxylic acids is 1. The fourth-order valence-electron chi connectivity index (χ4n) is 3.97. The van der Waals surface area contributed by atoms with Crippen molar-refractivity contribution < 1.29 is 4.79 Å². The van der Waals surface area contributed by atoms with E-state index in [1.54, 1.807) is 16.2 Å². The first kappa shape index (κ1) is 17.5. The van der Waals surface area contributed by atoms with Gasteiger partial charge < -0.3 is 4.90 Å². The molecule has 1 atom stereocenters. The molecule has 0 radical (unpaired) electrons. The smallest absolute Gasteiger partial charge is 0.255 e. The van der Waals surface area contributed by atoms with E-state index in [9.17, 15) is 4.79 Å². The lowest BCUT2D eigenvalue weighted by molar-refractivity contribution is -0.131. The molecule has 3 heterocycles. The Morgan fingerprint density at radius 1 is 1.15 bits per heavy atom. The zero-order valence-electron chi connectivity index (χ0n) is 16.1. The van der Waals surface area contributed by atoms with E-state index in [2.05, 4.69) is 43.0 Å². The third-order valence-corrected chi connectivity index (χ3v) is 7.12. The summed E-state index contributed by atoms with van der Waals surface area (Å²) >= 11 is 1.77. The molecule has 0 aliphatic carbocycles. The van der Waals surface area contributed by atoms with Crippen molar-refractivity contribution in [2.45, 2.75) is 45.6 Å². The number of fused-ring (bicyclic) bond motifs is 1. The molecule has 138 valence electrons. The molecule has 5 heteroatoms. The number of amides is 1. The summed E-state index contributed by atoms with van der Waals surface area (Å²) in [7, 11) is 1.87. The number of amidine groups is 1. The van der Waals surface area contributed by atoms with Crippen LogP contribution in [0.5, 0.6) is 0 Å². The first-order valence-electron chi connectivity index (χ1n) is 9.58. The average molecular weight is 370 g/mol. The molecule has 2 aliphatic heterocycles. The number of nitrogens with zero attached hydrogens (tertiary/aromatic N) is 3. The molecule has 2 aliphatic rings. The highest BCUT2D eigenvalue weighted by Crippen LogP contribution is 2.42. The number of hydrogen-bond donors (Lipinski definition) is 0. The summed E-state index contributed by atoms with van der Waals surface area (Å²) in [5.41, 5.74) is 0.607. The van der Waals surface area contributed by atoms with Crippen molar-refractivity contribution in [1.29, 1.82) is 0 Å². The quantitative estimate of drug-likeness (QED) is 0.797. The van der Waals surface area contributed by atoms with Crippen molar-refractivity contribution in [2.75, 3.05) is 25.0 Å². The summed E-state index contributed by atoms with van der Waals surface area (Å²) in [4.78, 5) is 23.4. The van der Waals surface area contributed by atoms with Gasteiger partial charge in [-0.15, -0.1) is 11.3 Å². The monoisotopic (exact) mass is 369 g/mol. The Hall–Kier alpha value is -1.88. The van der Waals surface area contributed by atoms with Gasteiger partial charge in [0.1, 0.15) is 5.54 Å². The third-order valence-electron chi connectivity index (χ3n) is 5.96. The van der Waals surface area contributed by atoms with Gasteiger partial charge >= 0.3 is 0 Å². The summed E-state index contributed by atoms with van der Waals surface area (Å²) in [5, 5.41) is 1.29. The third kappa shape index (κ3) is 2.56. The number of carbonyl (C=O) groups is 1. The highest BCUT2D eigenvalue weighted by atomic mass is 32.1. The Bertz CT molecular complexity index is 879. The second kappa shape index (κ2) is 6.38. The molecule has 1 aromatic carbocycles. The van der Waals surface area contributed by atoms with Crippen LogP contribution in [-0.2, 0) is 4.79 Å². The number of benzene rings is 1. The molecule has 2 aromatic rings. The van der Waals surface area contributed by atoms with Gasteiger partial charge in [-0.2, -0.15) is 0 Å². The maximum Gasteiger partial charge on any atom is 0.255 e. The first-order valence-corrected chi connectivity index (χ1v) is 10.4. The van der Waals surface area contributed by atoms with Crippen LogP contribution in [0, 0.1) is 5.92 Å². The lowest BCUT2D eigenvalue weighted by Crippen LogP contribution is -2.42. The maximum atomic E-state index is 13.0. The van der Waals surface area contributed by atoms with E-state index < -0.39 is 5.54 Å². The standard InChI is InChI=1S/C21H27N3OS/c1-14(2)21(3)20(25)23(4)19(22-21)18-17(24-12-8-5-9-13-24)15-10-6-7-11-16(15)26-18/h6-7,10-11,14H,5,8-9,12-13H2,1-4H3. The Labute approximate surface area is 159 Å². The van der Waals surface area contributed by atoms with Crippen LogP contribution >= 0.6 is 11.3 Å². The average Bonchev–Trinajstić information content (AvgIpc) is 3.14. The number of aliphatic imine (C=N–C) groups is 1. The molecular formula is C21H27N3OS. The van der Waals surface area contributed by atoms with E-state index in [0.29, 0.717) is 0 Å². The fourth-order valence-corrected chi connectivity index (χ4v) is 5.22. The normalized spacial score (nSPS) is 24.0. The lowest BCUT2D eigenvalue weighted by atomic mass is 9.89. The van der Waals surface area contributed by atoms with E-state index in [4.69, 9.17) is 4.99 Å². The van der Waals surface area contributed by atoms with Gasteiger partial charge in [0.2, 0.25) is 0 Å². The highest BCUT2D eigenvalue weighted by Gasteiger charge is 2.46. The summed E-state index contributed by atoms with van der Waals surface area (Å²) in [6, 6.07) is 8.58. The molecular weight excluding hydrogens is 342 g/mol. The zero-order valence-corrected chi connectivity index (χ0v) is 16.9. The number of thiophene rings is 1. The largest absolute Gasteiger partial charge is 0.370 e. The number of piperidine rings is 1. The van der Waals surface area contributed by atoms with Gasteiger partial charge in [0, 0.05) is 30.2 Å². The van der Waals surface area contributed by atoms with Crippen LogP contribution in [0.25, 0.3) is 10.1 Å². The highest BCUT2D eigenvalue weighted by molar-refractivity contribution is 7.21. The van der Waals surface area contributed by atoms with Crippen LogP contribution in [-0.4, -0.2) is 42.3 Å². The molecule has 4 rings (SSSR count). The Morgan fingerprint density at radius 3 is 2.50 bits per heavy atom. The van der Waals surface area contributed by atoms with E-state index in [1.165, 1.54) is 35.0 Å². The van der Waals surface area contributed by atoms with Crippen LogP contribution in [0.15, 0.2) is 29.3 Å². The Morgan fingerprint density at radius 2 is 1.85 bits per heavy atom. The molecule has 1 amide bonds. The number of likely N-dealkylation sites (N-methyl/N-ethyl adjacent to an activating group) is 1. The molecule has 26 heavy (non-hydrogen) atoms. The molecule has 1 aromatic heterocycles. The minimum atomic E-state index is -0.667. The van der Waals surface area contributed by atoms with E-state index in [-0.39, 0.29) is 11.8 Å². The predicted molar refractivity (Wildman–Crippen MR) is 110 cm³/mol. The van der Waals surface area contributed by atoms with Crippen LogP contribution < -0.4 is 4.90 Å². The fraction of sp³-hybridized carbons (Fsp3) is 0.524. The van der Waals surface area contributed by atoms with Gasteiger partial charge in [-0.1, -0.05) is 32.0 Å². The molecule has 1 saturated heterocycles. The summed E-state index contributed by atoms with van der Waals surface area (Å²) in [6.07, 6.45) is 3.77. The minimum absolute atomic E-state index is 0.101. The minimum Gasteiger partial charge on any atom is -0.370 e. The van der Waals surface area contributed by atoms with Crippen LogP contribution in [0.3, 0.4) is 0 Å². The van der Waals surface area contributed by atoms with Crippen LogP contribution in [0.4, 0.5) is 5.69 Å². The maximum absolute atomic E-state index is 13.0. The summed E-state index contributed by atoms with van der Waals surface area (Å²) in [6.45, 7) is 8.29. The van der Waals surface area contributed by atoms with Gasteiger partial charge in [0.05, 0.1) is 10.6 Å². The molecule has 0 spiro atoms. The lowest BCUT2D eigenvalue weighted by Gasteiger charge is -2.30. The van der Waals surface area contributed by atoms with Gasteiger partial charge in [0.15, 0.2) is 5.84 Å². The molecule has 1 fully saturated rings. The second-order valence-corrected chi connectivity index (χ2v) is 8.98. The van der Waals surface area contributed by atoms with Crippen molar-refractivity contribution in [3.63, 3.8) is 0 Å². The van der Waals surface area contributed by atoms with Crippen LogP contribution in [0.1, 0.15) is 44.9 Å². The Balaban J connectivity index is 1.90. The molecule has 1 unspecified atom stereocenters. The number of anilines is 1. The van der Waals surface area contributed by atoms with E-state index in [0.717, 1.165) is 23.8 Å². The number of hydrogen-bond acceptors (Lipinski definition) is 4. The predicted octanol–water partition coefficient (Wildman–Crippen LogP) is 4.52. The molecule has 4 nitrogen and oxygen atoms in total. The molecule has 0 N–H and O–H groups in total.